The van der Waals surface area contributed by atoms with Gasteiger partial charge >= 0.3 is 0 Å². The Morgan fingerprint density at radius 1 is 1.00 bits per heavy atom. The highest BCUT2D eigenvalue weighted by Gasteiger charge is 2.22. The van der Waals surface area contributed by atoms with E-state index in [2.05, 4.69) is 0 Å². The Kier molecular flexibility index (Phi) is 4.15. The van der Waals surface area contributed by atoms with Gasteiger partial charge in [-0.05, 0) is 5.92 Å². The maximum Gasteiger partial charge on any atom is 0.164 e. The smallest absolute Gasteiger partial charge is 0.164 e. The summed E-state index contributed by atoms with van der Waals surface area (Å²) in [5, 5.41) is 0. The Morgan fingerprint density at radius 3 is 2.33 bits per heavy atom. The molecule has 2 aliphatic rings. The number of ketones is 1. The molecule has 3 nitrogen and oxygen atoms in total. The maximum absolute atomic E-state index is 11.7. The van der Waals surface area contributed by atoms with E-state index in [-0.39, 0.29) is 6.29 Å². The van der Waals surface area contributed by atoms with Crippen LogP contribution in [0.2, 0.25) is 0 Å². The topological polar surface area (TPSA) is 35.5 Å². The van der Waals surface area contributed by atoms with E-state index in [1.54, 1.807) is 0 Å². The van der Waals surface area contributed by atoms with Gasteiger partial charge in [-0.1, -0.05) is 32.1 Å². The van der Waals surface area contributed by atoms with Crippen molar-refractivity contribution in [1.82, 2.24) is 0 Å². The molecule has 0 atom stereocenters. The lowest BCUT2D eigenvalue weighted by Gasteiger charge is -2.21. The molecule has 1 saturated heterocycles. The van der Waals surface area contributed by atoms with Gasteiger partial charge in [0.2, 0.25) is 0 Å². The van der Waals surface area contributed by atoms with Crippen molar-refractivity contribution >= 4 is 5.78 Å². The summed E-state index contributed by atoms with van der Waals surface area (Å²) in [6.45, 7) is 1.28. The molecule has 1 aliphatic heterocycles. The minimum absolute atomic E-state index is 0.249. The molecule has 0 aromatic rings. The van der Waals surface area contributed by atoms with E-state index in [1.807, 2.05) is 0 Å². The molecule has 3 heteroatoms. The molecule has 0 aromatic heterocycles. The first-order valence-electron chi connectivity index (χ1n) is 6.09. The van der Waals surface area contributed by atoms with E-state index >= 15 is 0 Å². The predicted octanol–water partition coefficient (Wildman–Crippen LogP) is 2.29. The van der Waals surface area contributed by atoms with Crippen LogP contribution in [0.1, 0.15) is 44.9 Å². The molecule has 2 fully saturated rings. The van der Waals surface area contributed by atoms with E-state index in [9.17, 15) is 4.79 Å². The van der Waals surface area contributed by atoms with Crippen LogP contribution in [0.25, 0.3) is 0 Å². The fourth-order valence-corrected chi connectivity index (χ4v) is 2.51. The van der Waals surface area contributed by atoms with Crippen molar-refractivity contribution in [3.05, 3.63) is 0 Å². The molecule has 0 spiro atoms. The Hall–Kier alpha value is -0.410. The van der Waals surface area contributed by atoms with Gasteiger partial charge in [0.05, 0.1) is 19.6 Å². The summed E-state index contributed by atoms with van der Waals surface area (Å²) in [7, 11) is 0. The van der Waals surface area contributed by atoms with E-state index < -0.39 is 0 Å². The van der Waals surface area contributed by atoms with Crippen LogP contribution in [0.15, 0.2) is 0 Å². The standard InChI is InChI=1S/C12H20O3/c13-11(9-12-14-6-7-15-12)8-10-4-2-1-3-5-10/h10,12H,1-9H2. The number of rotatable bonds is 4. The molecule has 15 heavy (non-hydrogen) atoms. The van der Waals surface area contributed by atoms with Crippen LogP contribution in [-0.4, -0.2) is 25.3 Å². The van der Waals surface area contributed by atoms with Crippen LogP contribution in [0.4, 0.5) is 0 Å². The van der Waals surface area contributed by atoms with Gasteiger partial charge in [-0.15, -0.1) is 0 Å². The molecule has 0 amide bonds. The summed E-state index contributed by atoms with van der Waals surface area (Å²) >= 11 is 0. The van der Waals surface area contributed by atoms with Gasteiger partial charge in [0.15, 0.2) is 6.29 Å². The van der Waals surface area contributed by atoms with Gasteiger partial charge in [-0.25, -0.2) is 0 Å². The van der Waals surface area contributed by atoms with Gasteiger partial charge < -0.3 is 9.47 Å². The maximum atomic E-state index is 11.7. The van der Waals surface area contributed by atoms with Crippen molar-refractivity contribution in [2.75, 3.05) is 13.2 Å². The largest absolute Gasteiger partial charge is 0.350 e. The van der Waals surface area contributed by atoms with Crippen LogP contribution in [0.3, 0.4) is 0 Å². The summed E-state index contributed by atoms with van der Waals surface area (Å²) in [4.78, 5) is 11.7. The molecule has 0 bridgehead atoms. The third kappa shape index (κ3) is 3.58. The summed E-state index contributed by atoms with van der Waals surface area (Å²) in [6.07, 6.45) is 7.36. The number of carbonyl (C=O) groups excluding carboxylic acids is 1. The minimum Gasteiger partial charge on any atom is -0.350 e. The Morgan fingerprint density at radius 2 is 1.67 bits per heavy atom. The van der Waals surface area contributed by atoms with Crippen LogP contribution < -0.4 is 0 Å². The lowest BCUT2D eigenvalue weighted by atomic mass is 9.85. The van der Waals surface area contributed by atoms with Crippen LogP contribution in [0, 0.1) is 5.92 Å². The molecule has 0 radical (unpaired) electrons. The first-order chi connectivity index (χ1) is 7.34. The van der Waals surface area contributed by atoms with E-state index in [0.29, 0.717) is 31.3 Å². The molecule has 0 N–H and O–H groups in total. The molecule has 86 valence electrons. The zero-order valence-corrected chi connectivity index (χ0v) is 9.24. The van der Waals surface area contributed by atoms with E-state index in [1.165, 1.54) is 32.1 Å². The van der Waals surface area contributed by atoms with Crippen molar-refractivity contribution in [3.8, 4) is 0 Å². The third-order valence-electron chi connectivity index (χ3n) is 3.33. The van der Waals surface area contributed by atoms with Crippen LogP contribution >= 0.6 is 0 Å². The average molecular weight is 212 g/mol. The Bertz CT molecular complexity index is 203. The Balaban J connectivity index is 1.66. The molecule has 0 unspecified atom stereocenters. The third-order valence-corrected chi connectivity index (χ3v) is 3.33. The zero-order chi connectivity index (χ0) is 10.5. The van der Waals surface area contributed by atoms with Gasteiger partial charge in [0, 0.05) is 6.42 Å². The fourth-order valence-electron chi connectivity index (χ4n) is 2.51. The summed E-state index contributed by atoms with van der Waals surface area (Å²) in [5.41, 5.74) is 0. The second-order valence-corrected chi connectivity index (χ2v) is 4.62. The number of hydrogen-bond acceptors (Lipinski definition) is 3. The number of Topliss-reactive ketones (excluding diaryl/α,β-unsaturated/α-hetero) is 1. The first-order valence-corrected chi connectivity index (χ1v) is 6.09. The second-order valence-electron chi connectivity index (χ2n) is 4.62. The average Bonchev–Trinajstić information content (AvgIpc) is 2.71. The van der Waals surface area contributed by atoms with E-state index in [0.717, 1.165) is 6.42 Å². The van der Waals surface area contributed by atoms with Crippen molar-refractivity contribution in [2.45, 2.75) is 51.2 Å². The van der Waals surface area contributed by atoms with Gasteiger partial charge in [-0.2, -0.15) is 0 Å². The van der Waals surface area contributed by atoms with E-state index in [4.69, 9.17) is 9.47 Å². The highest BCUT2D eigenvalue weighted by atomic mass is 16.7. The molecule has 1 aliphatic carbocycles. The zero-order valence-electron chi connectivity index (χ0n) is 9.24. The van der Waals surface area contributed by atoms with Crippen molar-refractivity contribution in [1.29, 1.82) is 0 Å². The van der Waals surface area contributed by atoms with Gasteiger partial charge in [0.25, 0.3) is 0 Å². The van der Waals surface area contributed by atoms with Gasteiger partial charge in [-0.3, -0.25) is 4.79 Å². The first kappa shape index (κ1) is 11.1. The number of ether oxygens (including phenoxy) is 2. The molecule has 1 heterocycles. The SMILES string of the molecule is O=C(CC1CCCCC1)CC1OCCO1. The Labute approximate surface area is 91.1 Å². The number of hydrogen-bond donors (Lipinski definition) is 0. The monoisotopic (exact) mass is 212 g/mol. The van der Waals surface area contributed by atoms with Crippen molar-refractivity contribution in [2.24, 2.45) is 5.92 Å². The van der Waals surface area contributed by atoms with Crippen molar-refractivity contribution < 1.29 is 14.3 Å². The van der Waals surface area contributed by atoms with Crippen LogP contribution in [0.5, 0.6) is 0 Å². The summed E-state index contributed by atoms with van der Waals surface area (Å²) in [5.74, 6) is 0.946. The molecule has 0 aromatic carbocycles. The lowest BCUT2D eigenvalue weighted by Crippen LogP contribution is -2.18. The minimum atomic E-state index is -0.249. The quantitative estimate of drug-likeness (QED) is 0.717. The number of carbonyl (C=O) groups is 1. The molecule has 1 saturated carbocycles. The molecular weight excluding hydrogens is 192 g/mol. The fraction of sp³-hybridized carbons (Fsp3) is 0.917. The molecule has 2 rings (SSSR count). The predicted molar refractivity (Wildman–Crippen MR) is 56.5 cm³/mol. The van der Waals surface area contributed by atoms with Gasteiger partial charge in [0.1, 0.15) is 5.78 Å². The molecular formula is C12H20O3. The van der Waals surface area contributed by atoms with Crippen molar-refractivity contribution in [3.63, 3.8) is 0 Å². The second kappa shape index (κ2) is 5.61. The highest BCUT2D eigenvalue weighted by molar-refractivity contribution is 5.79. The normalized spacial score (nSPS) is 24.5. The van der Waals surface area contributed by atoms with Crippen LogP contribution in [-0.2, 0) is 14.3 Å². The lowest BCUT2D eigenvalue weighted by molar-refractivity contribution is -0.128. The summed E-state index contributed by atoms with van der Waals surface area (Å²) < 4.78 is 10.5. The summed E-state index contributed by atoms with van der Waals surface area (Å²) in [6, 6.07) is 0. The highest BCUT2D eigenvalue weighted by Crippen LogP contribution is 2.27.